The maximum Gasteiger partial charge on any atom is 0.227 e. The summed E-state index contributed by atoms with van der Waals surface area (Å²) in [7, 11) is -1.59. The molecule has 1 saturated heterocycles. The topological polar surface area (TPSA) is 72.5 Å². The van der Waals surface area contributed by atoms with E-state index in [1.807, 2.05) is 0 Å². The van der Waals surface area contributed by atoms with Crippen LogP contribution in [0.1, 0.15) is 30.7 Å². The molecule has 0 aromatic heterocycles. The van der Waals surface area contributed by atoms with Gasteiger partial charge in [-0.25, -0.2) is 8.42 Å². The van der Waals surface area contributed by atoms with Gasteiger partial charge in [0.2, 0.25) is 5.91 Å². The number of amides is 1. The Morgan fingerprint density at radius 3 is 2.36 bits per heavy atom. The highest BCUT2D eigenvalue weighted by atomic mass is 32.2. The molecule has 22 heavy (non-hydrogen) atoms. The zero-order valence-corrected chi connectivity index (χ0v) is 13.9. The lowest BCUT2D eigenvalue weighted by molar-refractivity contribution is -0.122. The molecule has 1 fully saturated rings. The SMILES string of the molecule is CNC(=O)[C@H](CC1CCOCC1)c1ccc(S(C)(=O)=O)cc1. The first kappa shape index (κ1) is 17.0. The van der Waals surface area contributed by atoms with Crippen LogP contribution in [-0.4, -0.2) is 40.8 Å². The maximum absolute atomic E-state index is 12.2. The predicted molar refractivity (Wildman–Crippen MR) is 84.5 cm³/mol. The van der Waals surface area contributed by atoms with Crippen molar-refractivity contribution in [1.29, 1.82) is 0 Å². The van der Waals surface area contributed by atoms with Crippen molar-refractivity contribution in [3.8, 4) is 0 Å². The Labute approximate surface area is 132 Å². The summed E-state index contributed by atoms with van der Waals surface area (Å²) in [6.07, 6.45) is 3.88. The summed E-state index contributed by atoms with van der Waals surface area (Å²) in [6, 6.07) is 6.64. The molecule has 0 radical (unpaired) electrons. The van der Waals surface area contributed by atoms with Gasteiger partial charge in [-0.15, -0.1) is 0 Å². The fourth-order valence-corrected chi connectivity index (χ4v) is 3.46. The lowest BCUT2D eigenvalue weighted by Crippen LogP contribution is -2.29. The third kappa shape index (κ3) is 4.30. The summed E-state index contributed by atoms with van der Waals surface area (Å²) in [5.41, 5.74) is 0.859. The second-order valence-electron chi connectivity index (χ2n) is 5.80. The molecule has 0 unspecified atom stereocenters. The Balaban J connectivity index is 2.19. The summed E-state index contributed by atoms with van der Waals surface area (Å²) in [5, 5.41) is 2.71. The lowest BCUT2D eigenvalue weighted by atomic mass is 9.84. The van der Waals surface area contributed by atoms with Gasteiger partial charge in [0, 0.05) is 26.5 Å². The minimum atomic E-state index is -3.22. The van der Waals surface area contributed by atoms with E-state index < -0.39 is 9.84 Å². The van der Waals surface area contributed by atoms with Crippen LogP contribution in [0, 0.1) is 5.92 Å². The zero-order chi connectivity index (χ0) is 16.2. The summed E-state index contributed by atoms with van der Waals surface area (Å²) in [6.45, 7) is 1.50. The van der Waals surface area contributed by atoms with E-state index in [9.17, 15) is 13.2 Å². The van der Waals surface area contributed by atoms with Crippen LogP contribution in [0.25, 0.3) is 0 Å². The van der Waals surface area contributed by atoms with Crippen molar-refractivity contribution in [1.82, 2.24) is 5.32 Å². The first-order chi connectivity index (χ1) is 10.4. The molecule has 1 atom stereocenters. The highest BCUT2D eigenvalue weighted by Crippen LogP contribution is 2.30. The molecule has 0 bridgehead atoms. The van der Waals surface area contributed by atoms with Crippen molar-refractivity contribution in [3.63, 3.8) is 0 Å². The van der Waals surface area contributed by atoms with Gasteiger partial charge in [-0.05, 0) is 42.9 Å². The van der Waals surface area contributed by atoms with Gasteiger partial charge in [-0.3, -0.25) is 4.79 Å². The Kier molecular flexibility index (Phi) is 5.58. The summed E-state index contributed by atoms with van der Waals surface area (Å²) in [5.74, 6) is 0.186. The molecule has 1 aliphatic rings. The minimum Gasteiger partial charge on any atom is -0.381 e. The second-order valence-corrected chi connectivity index (χ2v) is 7.82. The first-order valence-electron chi connectivity index (χ1n) is 7.51. The quantitative estimate of drug-likeness (QED) is 0.895. The molecule has 122 valence electrons. The highest BCUT2D eigenvalue weighted by Gasteiger charge is 2.25. The molecule has 1 amide bonds. The summed E-state index contributed by atoms with van der Waals surface area (Å²) >= 11 is 0. The van der Waals surface area contributed by atoms with E-state index in [1.54, 1.807) is 31.3 Å². The number of sulfone groups is 1. The van der Waals surface area contributed by atoms with Gasteiger partial charge in [-0.2, -0.15) is 0 Å². The first-order valence-corrected chi connectivity index (χ1v) is 9.40. The van der Waals surface area contributed by atoms with E-state index >= 15 is 0 Å². The number of likely N-dealkylation sites (N-methyl/N-ethyl adjacent to an activating group) is 1. The Morgan fingerprint density at radius 2 is 1.86 bits per heavy atom. The fourth-order valence-electron chi connectivity index (χ4n) is 2.83. The summed E-state index contributed by atoms with van der Waals surface area (Å²) in [4.78, 5) is 12.5. The third-order valence-electron chi connectivity index (χ3n) is 4.18. The van der Waals surface area contributed by atoms with Crippen LogP contribution in [0.2, 0.25) is 0 Å². The van der Waals surface area contributed by atoms with Crippen molar-refractivity contribution in [2.45, 2.75) is 30.1 Å². The second kappa shape index (κ2) is 7.24. The van der Waals surface area contributed by atoms with E-state index in [-0.39, 0.29) is 16.7 Å². The van der Waals surface area contributed by atoms with Crippen molar-refractivity contribution < 1.29 is 17.9 Å². The molecule has 0 spiro atoms. The molecular formula is C16H23NO4S. The number of benzene rings is 1. The van der Waals surface area contributed by atoms with Gasteiger partial charge in [-0.1, -0.05) is 12.1 Å². The number of nitrogens with one attached hydrogen (secondary N) is 1. The molecule has 1 heterocycles. The number of carbonyl (C=O) groups excluding carboxylic acids is 1. The van der Waals surface area contributed by atoms with Crippen LogP contribution >= 0.6 is 0 Å². The van der Waals surface area contributed by atoms with Gasteiger partial charge < -0.3 is 10.1 Å². The van der Waals surface area contributed by atoms with Crippen LogP contribution in [-0.2, 0) is 19.4 Å². The average Bonchev–Trinajstić information content (AvgIpc) is 2.52. The average molecular weight is 325 g/mol. The maximum atomic E-state index is 12.2. The highest BCUT2D eigenvalue weighted by molar-refractivity contribution is 7.90. The molecule has 0 saturated carbocycles. The van der Waals surface area contributed by atoms with Gasteiger partial charge in [0.1, 0.15) is 0 Å². The van der Waals surface area contributed by atoms with Gasteiger partial charge in [0.15, 0.2) is 9.84 Å². The largest absolute Gasteiger partial charge is 0.381 e. The number of ether oxygens (including phenoxy) is 1. The molecule has 0 aliphatic carbocycles. The molecule has 2 rings (SSSR count). The number of rotatable bonds is 5. The van der Waals surface area contributed by atoms with Gasteiger partial charge in [0.25, 0.3) is 0 Å². The van der Waals surface area contributed by atoms with Gasteiger partial charge >= 0.3 is 0 Å². The minimum absolute atomic E-state index is 0.0291. The monoisotopic (exact) mass is 325 g/mol. The van der Waals surface area contributed by atoms with Crippen LogP contribution in [0.3, 0.4) is 0 Å². The molecular weight excluding hydrogens is 302 g/mol. The Bertz CT molecular complexity index is 604. The lowest BCUT2D eigenvalue weighted by Gasteiger charge is -2.26. The van der Waals surface area contributed by atoms with Crippen LogP contribution in [0.4, 0.5) is 0 Å². The van der Waals surface area contributed by atoms with E-state index in [2.05, 4.69) is 5.32 Å². The molecule has 1 aromatic carbocycles. The van der Waals surface area contributed by atoms with E-state index in [4.69, 9.17) is 4.74 Å². The third-order valence-corrected chi connectivity index (χ3v) is 5.31. The number of carbonyl (C=O) groups is 1. The molecule has 1 aliphatic heterocycles. The Hall–Kier alpha value is -1.40. The van der Waals surface area contributed by atoms with E-state index in [0.717, 1.165) is 38.0 Å². The normalized spacial score (nSPS) is 17.9. The predicted octanol–water partition coefficient (Wildman–Crippen LogP) is 1.74. The molecule has 1 N–H and O–H groups in total. The zero-order valence-electron chi connectivity index (χ0n) is 13.0. The van der Waals surface area contributed by atoms with Crippen molar-refractivity contribution >= 4 is 15.7 Å². The molecule has 6 heteroatoms. The Morgan fingerprint density at radius 1 is 1.27 bits per heavy atom. The fraction of sp³-hybridized carbons (Fsp3) is 0.562. The van der Waals surface area contributed by atoms with E-state index in [1.165, 1.54) is 6.26 Å². The van der Waals surface area contributed by atoms with Crippen LogP contribution < -0.4 is 5.32 Å². The van der Waals surface area contributed by atoms with Crippen LogP contribution in [0.5, 0.6) is 0 Å². The van der Waals surface area contributed by atoms with Crippen molar-refractivity contribution in [2.24, 2.45) is 5.92 Å². The van der Waals surface area contributed by atoms with Gasteiger partial charge in [0.05, 0.1) is 10.8 Å². The molecule has 5 nitrogen and oxygen atoms in total. The standard InChI is InChI=1S/C16H23NO4S/c1-17-16(18)15(11-12-7-9-21-10-8-12)13-3-5-14(6-4-13)22(2,19)20/h3-6,12,15H,7-11H2,1-2H3,(H,17,18)/t15-/m1/s1. The van der Waals surface area contributed by atoms with Crippen molar-refractivity contribution in [2.75, 3.05) is 26.5 Å². The number of hydrogen-bond donors (Lipinski definition) is 1. The smallest absolute Gasteiger partial charge is 0.227 e. The number of hydrogen-bond acceptors (Lipinski definition) is 4. The van der Waals surface area contributed by atoms with Crippen molar-refractivity contribution in [3.05, 3.63) is 29.8 Å². The summed E-state index contributed by atoms with van der Waals surface area (Å²) < 4.78 is 28.4. The molecule has 1 aromatic rings. The van der Waals surface area contributed by atoms with E-state index in [0.29, 0.717) is 5.92 Å². The van der Waals surface area contributed by atoms with Crippen LogP contribution in [0.15, 0.2) is 29.2 Å².